The summed E-state index contributed by atoms with van der Waals surface area (Å²) in [7, 11) is -3.80. The molecular weight excluding hydrogens is 315 g/mol. The molecule has 0 atom stereocenters. The molecule has 0 unspecified atom stereocenters. The van der Waals surface area contributed by atoms with Gasteiger partial charge in [-0.25, -0.2) is 17.5 Å². The lowest BCUT2D eigenvalue weighted by molar-refractivity contribution is 0.219. The van der Waals surface area contributed by atoms with Crippen molar-refractivity contribution in [2.24, 2.45) is 5.41 Å². The molecule has 1 fully saturated rings. The number of benzene rings is 1. The quantitative estimate of drug-likeness (QED) is 0.830. The molecule has 21 heavy (non-hydrogen) atoms. The summed E-state index contributed by atoms with van der Waals surface area (Å²) in [6, 6.07) is 1.98. The summed E-state index contributed by atoms with van der Waals surface area (Å²) in [6.07, 6.45) is 5.41. The monoisotopic (exact) mass is 334 g/mol. The van der Waals surface area contributed by atoms with Gasteiger partial charge in [0.25, 0.3) is 0 Å². The van der Waals surface area contributed by atoms with E-state index in [4.69, 9.17) is 17.3 Å². The molecule has 1 aliphatic carbocycles. The van der Waals surface area contributed by atoms with Crippen LogP contribution in [0.1, 0.15) is 39.0 Å². The van der Waals surface area contributed by atoms with Crippen LogP contribution in [0.3, 0.4) is 0 Å². The molecule has 1 saturated carbocycles. The van der Waals surface area contributed by atoms with Crippen LogP contribution in [-0.4, -0.2) is 15.0 Å². The number of nitrogens with two attached hydrogens (primary N) is 1. The number of nitrogen functional groups attached to an aromatic ring is 1. The molecule has 0 radical (unpaired) electrons. The Balaban J connectivity index is 2.17. The van der Waals surface area contributed by atoms with Gasteiger partial charge in [-0.3, -0.25) is 0 Å². The van der Waals surface area contributed by atoms with E-state index in [1.54, 1.807) is 0 Å². The Morgan fingerprint density at radius 2 is 1.95 bits per heavy atom. The molecule has 0 saturated heterocycles. The first-order valence-electron chi connectivity index (χ1n) is 6.98. The van der Waals surface area contributed by atoms with Gasteiger partial charge in [0, 0.05) is 6.54 Å². The Morgan fingerprint density at radius 3 is 2.57 bits per heavy atom. The minimum atomic E-state index is -3.80. The van der Waals surface area contributed by atoms with E-state index in [0.717, 1.165) is 37.8 Å². The average Bonchev–Trinajstić information content (AvgIpc) is 2.42. The van der Waals surface area contributed by atoms with E-state index in [1.165, 1.54) is 6.42 Å². The number of nitrogens with one attached hydrogen (secondary N) is 1. The Bertz CT molecular complexity index is 628. The summed E-state index contributed by atoms with van der Waals surface area (Å²) >= 11 is 5.83. The summed E-state index contributed by atoms with van der Waals surface area (Å²) in [4.78, 5) is -0.178. The predicted molar refractivity (Wildman–Crippen MR) is 82.2 cm³/mol. The zero-order valence-electron chi connectivity index (χ0n) is 12.0. The lowest BCUT2D eigenvalue weighted by Gasteiger charge is -2.33. The molecule has 1 aromatic rings. The third kappa shape index (κ3) is 3.87. The lowest BCUT2D eigenvalue weighted by atomic mass is 9.76. The third-order valence-corrected chi connectivity index (χ3v) is 5.96. The van der Waals surface area contributed by atoms with Crippen molar-refractivity contribution >= 4 is 27.3 Å². The van der Waals surface area contributed by atoms with E-state index in [2.05, 4.69) is 11.6 Å². The third-order valence-electron chi connectivity index (χ3n) is 4.09. The van der Waals surface area contributed by atoms with E-state index in [1.807, 2.05) is 0 Å². The fourth-order valence-electron chi connectivity index (χ4n) is 2.68. The number of rotatable bonds is 4. The van der Waals surface area contributed by atoms with Crippen molar-refractivity contribution < 1.29 is 12.8 Å². The summed E-state index contributed by atoms with van der Waals surface area (Å²) in [5, 5.41) is -0.164. The smallest absolute Gasteiger partial charge is 0.242 e. The molecule has 3 N–H and O–H groups in total. The molecule has 0 spiro atoms. The van der Waals surface area contributed by atoms with Crippen molar-refractivity contribution in [2.75, 3.05) is 12.3 Å². The van der Waals surface area contributed by atoms with E-state index in [9.17, 15) is 12.8 Å². The molecule has 0 bridgehead atoms. The molecule has 7 heteroatoms. The average molecular weight is 335 g/mol. The normalized spacial score (nSPS) is 18.6. The van der Waals surface area contributed by atoms with Crippen molar-refractivity contribution in [1.29, 1.82) is 0 Å². The second-order valence-electron chi connectivity index (χ2n) is 6.00. The van der Waals surface area contributed by atoms with Crippen molar-refractivity contribution in [3.05, 3.63) is 23.0 Å². The first-order chi connectivity index (χ1) is 9.73. The van der Waals surface area contributed by atoms with Crippen molar-refractivity contribution in [3.8, 4) is 0 Å². The molecule has 1 aliphatic rings. The number of anilines is 1. The van der Waals surface area contributed by atoms with E-state index < -0.39 is 15.8 Å². The zero-order chi connectivity index (χ0) is 15.7. The molecular formula is C14H20ClFN2O2S. The van der Waals surface area contributed by atoms with E-state index in [-0.39, 0.29) is 21.0 Å². The maximum Gasteiger partial charge on any atom is 0.242 e. The van der Waals surface area contributed by atoms with E-state index in [0.29, 0.717) is 6.54 Å². The fourth-order valence-corrected chi connectivity index (χ4v) is 4.43. The number of hydrogen-bond acceptors (Lipinski definition) is 3. The topological polar surface area (TPSA) is 72.2 Å². The maximum atomic E-state index is 13.3. The molecule has 118 valence electrons. The van der Waals surface area contributed by atoms with Crippen molar-refractivity contribution in [2.45, 2.75) is 43.9 Å². The molecule has 0 aromatic heterocycles. The van der Waals surface area contributed by atoms with Gasteiger partial charge in [0.15, 0.2) is 0 Å². The fraction of sp³-hybridized carbons (Fsp3) is 0.571. The first kappa shape index (κ1) is 16.5. The summed E-state index contributed by atoms with van der Waals surface area (Å²) in [5.74, 6) is -0.724. The van der Waals surface area contributed by atoms with Gasteiger partial charge in [0.2, 0.25) is 10.0 Å². The van der Waals surface area contributed by atoms with Gasteiger partial charge in [-0.2, -0.15) is 0 Å². The summed E-state index contributed by atoms with van der Waals surface area (Å²) < 4.78 is 40.5. The minimum Gasteiger partial charge on any atom is -0.396 e. The van der Waals surface area contributed by atoms with Crippen LogP contribution in [-0.2, 0) is 10.0 Å². The second-order valence-corrected chi connectivity index (χ2v) is 8.14. The van der Waals surface area contributed by atoms with Crippen LogP contribution < -0.4 is 10.5 Å². The summed E-state index contributed by atoms with van der Waals surface area (Å²) in [5.41, 5.74) is 5.15. The Morgan fingerprint density at radius 1 is 1.33 bits per heavy atom. The number of hydrogen-bond donors (Lipinski definition) is 2. The van der Waals surface area contributed by atoms with Gasteiger partial charge in [-0.05, 0) is 30.4 Å². The van der Waals surface area contributed by atoms with Crippen LogP contribution in [0.5, 0.6) is 0 Å². The molecule has 0 aliphatic heterocycles. The Hall–Kier alpha value is -0.850. The molecule has 2 rings (SSSR count). The highest BCUT2D eigenvalue weighted by Crippen LogP contribution is 2.35. The highest BCUT2D eigenvalue weighted by molar-refractivity contribution is 7.89. The van der Waals surface area contributed by atoms with Crippen LogP contribution in [0.15, 0.2) is 17.0 Å². The molecule has 0 amide bonds. The van der Waals surface area contributed by atoms with Gasteiger partial charge >= 0.3 is 0 Å². The van der Waals surface area contributed by atoms with Crippen LogP contribution in [0.4, 0.5) is 10.1 Å². The zero-order valence-corrected chi connectivity index (χ0v) is 13.5. The molecule has 0 heterocycles. The number of sulfonamides is 1. The van der Waals surface area contributed by atoms with Crippen molar-refractivity contribution in [3.63, 3.8) is 0 Å². The van der Waals surface area contributed by atoms with Gasteiger partial charge < -0.3 is 5.73 Å². The number of halogens is 2. The molecule has 1 aromatic carbocycles. The second kappa shape index (κ2) is 6.10. The SMILES string of the molecule is CC1(CNS(=O)(=O)c2cc(N)c(F)cc2Cl)CCCCC1. The highest BCUT2D eigenvalue weighted by atomic mass is 35.5. The standard InChI is InChI=1S/C14H20ClFN2O2S/c1-14(5-3-2-4-6-14)9-18-21(19,20)13-8-12(17)11(16)7-10(13)15/h7-8,18H,2-6,9,17H2,1H3. The lowest BCUT2D eigenvalue weighted by Crippen LogP contribution is -2.37. The molecule has 4 nitrogen and oxygen atoms in total. The van der Waals surface area contributed by atoms with Gasteiger partial charge in [-0.15, -0.1) is 0 Å². The minimum absolute atomic E-state index is 0.0383. The predicted octanol–water partition coefficient (Wildman–Crippen LogP) is 3.31. The van der Waals surface area contributed by atoms with Gasteiger partial charge in [0.1, 0.15) is 10.7 Å². The van der Waals surface area contributed by atoms with E-state index >= 15 is 0 Å². The van der Waals surface area contributed by atoms with Crippen LogP contribution >= 0.6 is 11.6 Å². The van der Waals surface area contributed by atoms with Crippen molar-refractivity contribution in [1.82, 2.24) is 4.72 Å². The van der Waals surface area contributed by atoms with Gasteiger partial charge in [-0.1, -0.05) is 37.8 Å². The largest absolute Gasteiger partial charge is 0.396 e. The van der Waals surface area contributed by atoms with Crippen LogP contribution in [0.25, 0.3) is 0 Å². The highest BCUT2D eigenvalue weighted by Gasteiger charge is 2.29. The Kier molecular flexibility index (Phi) is 4.80. The van der Waals surface area contributed by atoms with Crippen LogP contribution in [0, 0.1) is 11.2 Å². The first-order valence-corrected chi connectivity index (χ1v) is 8.84. The Labute approximate surface area is 129 Å². The summed E-state index contributed by atoms with van der Waals surface area (Å²) in [6.45, 7) is 2.43. The van der Waals surface area contributed by atoms with Crippen LogP contribution in [0.2, 0.25) is 5.02 Å². The maximum absolute atomic E-state index is 13.3. The van der Waals surface area contributed by atoms with Gasteiger partial charge in [0.05, 0.1) is 10.7 Å².